The predicted molar refractivity (Wildman–Crippen MR) is 191 cm³/mol. The van der Waals surface area contributed by atoms with Gasteiger partial charge in [0, 0.05) is 38.7 Å². The second kappa shape index (κ2) is 20.7. The molecule has 4 N–H and O–H groups in total. The van der Waals surface area contributed by atoms with Gasteiger partial charge in [0.25, 0.3) is 5.79 Å². The lowest BCUT2D eigenvalue weighted by Crippen LogP contribution is -2.67. The van der Waals surface area contributed by atoms with E-state index in [1.165, 1.54) is 13.8 Å². The summed E-state index contributed by atoms with van der Waals surface area (Å²) in [6.45, 7) is 2.65. The zero-order valence-electron chi connectivity index (χ0n) is 28.6. The van der Waals surface area contributed by atoms with E-state index in [0.717, 1.165) is 30.0 Å². The highest BCUT2D eigenvalue weighted by atomic mass is 32.2. The summed E-state index contributed by atoms with van der Waals surface area (Å²) in [7, 11) is 1.12. The molecule has 0 saturated carbocycles. The molecule has 0 spiro atoms. The first kappa shape index (κ1) is 41.3. The lowest BCUT2D eigenvalue weighted by Gasteiger charge is -2.47. The molecule has 1 heterocycles. The molecule has 0 aliphatic carbocycles. The number of carbonyl (C=O) groups is 5. The van der Waals surface area contributed by atoms with Crippen molar-refractivity contribution in [3.8, 4) is 11.1 Å². The summed E-state index contributed by atoms with van der Waals surface area (Å²) in [5.41, 5.74) is 2.37. The molecule has 0 aromatic heterocycles. The molecule has 1 aliphatic rings. The summed E-state index contributed by atoms with van der Waals surface area (Å²) in [6, 6.07) is 15.5. The Labute approximate surface area is 301 Å². The summed E-state index contributed by atoms with van der Waals surface area (Å²) < 4.78 is 16.8. The Kier molecular flexibility index (Phi) is 17.1. The molecule has 14 heteroatoms. The van der Waals surface area contributed by atoms with Crippen LogP contribution in [0.2, 0.25) is 0 Å². The van der Waals surface area contributed by atoms with E-state index in [9.17, 15) is 39.3 Å². The van der Waals surface area contributed by atoms with E-state index in [-0.39, 0.29) is 41.9 Å². The highest BCUT2D eigenvalue weighted by Crippen LogP contribution is 2.35. The average molecular weight is 734 g/mol. The Morgan fingerprint density at radius 1 is 0.960 bits per heavy atom. The highest BCUT2D eigenvalue weighted by molar-refractivity contribution is 8.14. The van der Waals surface area contributed by atoms with Gasteiger partial charge in [0.15, 0.2) is 10.9 Å². The number of esters is 1. The number of amides is 1. The first-order valence-electron chi connectivity index (χ1n) is 16.5. The summed E-state index contributed by atoms with van der Waals surface area (Å²) in [5.74, 6) is -2.39. The van der Waals surface area contributed by atoms with Crippen molar-refractivity contribution in [1.82, 2.24) is 5.32 Å². The van der Waals surface area contributed by atoms with Gasteiger partial charge < -0.3 is 34.8 Å². The SMILES string of the molecule is COC(=O)[C@@]1(OCCCSCCCC(=O)CSC(C)=O)C[C@@H](O)[C@H](NC(C)=O)C([C@H](O)[C@H](O)CCC(=O)c2ccc(-c3ccccc3)cc2)O1. The van der Waals surface area contributed by atoms with Crippen LogP contribution in [-0.4, -0.2) is 111 Å². The Morgan fingerprint density at radius 3 is 2.26 bits per heavy atom. The lowest BCUT2D eigenvalue weighted by molar-refractivity contribution is -0.311. The van der Waals surface area contributed by atoms with Crippen LogP contribution in [0.5, 0.6) is 0 Å². The van der Waals surface area contributed by atoms with Gasteiger partial charge in [-0.3, -0.25) is 19.2 Å². The van der Waals surface area contributed by atoms with Crippen molar-refractivity contribution in [2.75, 3.05) is 31.0 Å². The zero-order valence-corrected chi connectivity index (χ0v) is 30.2. The molecule has 2 aromatic carbocycles. The van der Waals surface area contributed by atoms with Crippen LogP contribution in [0.4, 0.5) is 0 Å². The molecular weight excluding hydrogens is 687 g/mol. The van der Waals surface area contributed by atoms with E-state index in [2.05, 4.69) is 5.32 Å². The lowest BCUT2D eigenvalue weighted by atomic mass is 9.87. The van der Waals surface area contributed by atoms with Crippen molar-refractivity contribution < 1.29 is 53.5 Å². The van der Waals surface area contributed by atoms with E-state index in [1.807, 2.05) is 42.5 Å². The second-order valence-electron chi connectivity index (χ2n) is 12.0. The van der Waals surface area contributed by atoms with Crippen LogP contribution in [0.15, 0.2) is 54.6 Å². The van der Waals surface area contributed by atoms with Gasteiger partial charge in [-0.2, -0.15) is 11.8 Å². The molecule has 3 rings (SSSR count). The number of rotatable bonds is 20. The third kappa shape index (κ3) is 12.6. The van der Waals surface area contributed by atoms with Crippen LogP contribution in [0, 0.1) is 0 Å². The van der Waals surface area contributed by atoms with E-state index in [4.69, 9.17) is 14.2 Å². The maximum atomic E-state index is 13.0. The first-order chi connectivity index (χ1) is 23.9. The molecule has 0 bridgehead atoms. The maximum absolute atomic E-state index is 13.0. The summed E-state index contributed by atoms with van der Waals surface area (Å²) >= 11 is 2.58. The highest BCUT2D eigenvalue weighted by Gasteiger charge is 2.56. The van der Waals surface area contributed by atoms with Crippen LogP contribution in [0.25, 0.3) is 11.1 Å². The van der Waals surface area contributed by atoms with Crippen molar-refractivity contribution >= 4 is 52.1 Å². The van der Waals surface area contributed by atoms with Gasteiger partial charge in [-0.05, 0) is 41.9 Å². The van der Waals surface area contributed by atoms with Gasteiger partial charge in [0.2, 0.25) is 5.91 Å². The number of ketones is 2. The number of aliphatic hydroxyl groups is 3. The van der Waals surface area contributed by atoms with Crippen LogP contribution < -0.4 is 5.32 Å². The van der Waals surface area contributed by atoms with Crippen LogP contribution >= 0.6 is 23.5 Å². The molecule has 2 aromatic rings. The molecule has 12 nitrogen and oxygen atoms in total. The normalized spacial score (nSPS) is 21.5. The average Bonchev–Trinajstić information content (AvgIpc) is 3.11. The largest absolute Gasteiger partial charge is 0.465 e. The number of benzene rings is 2. The maximum Gasteiger partial charge on any atom is 0.366 e. The van der Waals surface area contributed by atoms with E-state index < -0.39 is 54.5 Å². The summed E-state index contributed by atoms with van der Waals surface area (Å²) in [6.07, 6.45) is -5.43. The number of carbonyl (C=O) groups excluding carboxylic acids is 5. The number of thioether (sulfide) groups is 2. The molecule has 0 radical (unpaired) electrons. The fourth-order valence-electron chi connectivity index (χ4n) is 5.51. The van der Waals surface area contributed by atoms with Gasteiger partial charge in [0.1, 0.15) is 18.0 Å². The standard InChI is InChI=1S/C36H47NO11S2/c1-23(38)37-32-31(43)21-36(35(45)46-3,47-18-8-20-49-19-7-11-28(40)22-50-24(2)39)48-34(32)33(44)30(42)17-16-29(41)27-14-12-26(13-15-27)25-9-5-4-6-10-25/h4-6,9-10,12-15,30-34,42-44H,7-8,11,16-22H2,1-3H3,(H,37,38)/t30-,31-,32+,33-,34?,36-/m1/s1. The molecule has 1 fully saturated rings. The van der Waals surface area contributed by atoms with Gasteiger partial charge in [-0.1, -0.05) is 66.4 Å². The quantitative estimate of drug-likeness (QED) is 0.0884. The first-order valence-corrected chi connectivity index (χ1v) is 18.6. The Morgan fingerprint density at radius 2 is 1.62 bits per heavy atom. The monoisotopic (exact) mass is 733 g/mol. The molecule has 1 amide bonds. The van der Waals surface area contributed by atoms with Gasteiger partial charge >= 0.3 is 5.97 Å². The number of nitrogens with one attached hydrogen (secondary N) is 1. The molecular formula is C36H47NO11S2. The molecule has 6 atom stereocenters. The fourth-order valence-corrected chi connectivity index (χ4v) is 6.90. The zero-order chi connectivity index (χ0) is 36.7. The number of methoxy groups -OCH3 is 1. The number of hydrogen-bond donors (Lipinski definition) is 4. The van der Waals surface area contributed by atoms with Crippen LogP contribution in [0.3, 0.4) is 0 Å². The minimum atomic E-state index is -2.14. The van der Waals surface area contributed by atoms with Gasteiger partial charge in [0.05, 0.1) is 37.7 Å². The third-order valence-electron chi connectivity index (χ3n) is 8.10. The molecule has 1 unspecified atom stereocenters. The van der Waals surface area contributed by atoms with Gasteiger partial charge in [-0.25, -0.2) is 4.79 Å². The van der Waals surface area contributed by atoms with Crippen molar-refractivity contribution in [1.29, 1.82) is 0 Å². The van der Waals surface area contributed by atoms with Crippen molar-refractivity contribution in [2.45, 2.75) is 88.6 Å². The Balaban J connectivity index is 1.59. The van der Waals surface area contributed by atoms with Crippen molar-refractivity contribution in [3.63, 3.8) is 0 Å². The van der Waals surface area contributed by atoms with E-state index >= 15 is 0 Å². The smallest absolute Gasteiger partial charge is 0.366 e. The molecule has 1 aliphatic heterocycles. The molecule has 50 heavy (non-hydrogen) atoms. The molecule has 1 saturated heterocycles. The summed E-state index contributed by atoms with van der Waals surface area (Å²) in [5, 5.41) is 35.8. The minimum absolute atomic E-state index is 0.0107. The van der Waals surface area contributed by atoms with Crippen molar-refractivity contribution in [3.05, 3.63) is 60.2 Å². The topological polar surface area (TPSA) is 186 Å². The number of ether oxygens (including phenoxy) is 3. The second-order valence-corrected chi connectivity index (χ2v) is 14.4. The minimum Gasteiger partial charge on any atom is -0.465 e. The summed E-state index contributed by atoms with van der Waals surface area (Å²) in [4.78, 5) is 60.9. The number of Topliss-reactive ketones (excluding diaryl/α,β-unsaturated/α-hetero) is 2. The van der Waals surface area contributed by atoms with E-state index in [0.29, 0.717) is 36.3 Å². The van der Waals surface area contributed by atoms with Crippen molar-refractivity contribution in [2.24, 2.45) is 0 Å². The third-order valence-corrected chi connectivity index (χ3v) is 10.1. The number of aliphatic hydroxyl groups excluding tert-OH is 3. The van der Waals surface area contributed by atoms with E-state index in [1.54, 1.807) is 23.9 Å². The van der Waals surface area contributed by atoms with Crippen LogP contribution in [-0.2, 0) is 33.4 Å². The number of hydrogen-bond acceptors (Lipinski definition) is 13. The predicted octanol–water partition coefficient (Wildman–Crippen LogP) is 3.33. The van der Waals surface area contributed by atoms with Crippen LogP contribution in [0.1, 0.15) is 62.7 Å². The Hall–Kier alpha value is -3.11. The van der Waals surface area contributed by atoms with Gasteiger partial charge in [-0.15, -0.1) is 0 Å². The Bertz CT molecular complexity index is 1420. The fraction of sp³-hybridized carbons (Fsp3) is 0.528. The molecule has 274 valence electrons.